The van der Waals surface area contributed by atoms with Gasteiger partial charge in [0.1, 0.15) is 11.8 Å². The molecule has 0 N–H and O–H groups in total. The zero-order valence-electron chi connectivity index (χ0n) is 16.2. The molecule has 2 amide bonds. The summed E-state index contributed by atoms with van der Waals surface area (Å²) in [4.78, 5) is 29.1. The van der Waals surface area contributed by atoms with Crippen molar-refractivity contribution in [2.45, 2.75) is 40.0 Å². The van der Waals surface area contributed by atoms with Crippen LogP contribution in [0.1, 0.15) is 39.9 Å². The molecule has 1 aromatic heterocycles. The van der Waals surface area contributed by atoms with Gasteiger partial charge in [0, 0.05) is 26.7 Å². The van der Waals surface area contributed by atoms with Crippen LogP contribution in [0.3, 0.4) is 0 Å². The number of aromatic nitrogens is 1. The van der Waals surface area contributed by atoms with E-state index in [1.165, 1.54) is 5.56 Å². The topological polar surface area (TPSA) is 75.9 Å². The Hall–Kier alpha value is -2.67. The minimum atomic E-state index is -0.552. The Morgan fingerprint density at radius 3 is 2.63 bits per heavy atom. The quantitative estimate of drug-likeness (QED) is 0.806. The molecule has 1 aromatic carbocycles. The van der Waals surface area contributed by atoms with Crippen molar-refractivity contribution in [2.24, 2.45) is 0 Å². The molecule has 144 valence electrons. The van der Waals surface area contributed by atoms with Gasteiger partial charge in [-0.15, -0.1) is 0 Å². The van der Waals surface area contributed by atoms with Gasteiger partial charge in [-0.25, -0.2) is 0 Å². The Bertz CT molecular complexity index is 828. The van der Waals surface area contributed by atoms with Crippen LogP contribution in [0.15, 0.2) is 28.8 Å². The van der Waals surface area contributed by atoms with Crippen LogP contribution in [0.25, 0.3) is 0 Å². The molecule has 1 saturated heterocycles. The highest BCUT2D eigenvalue weighted by atomic mass is 16.5. The van der Waals surface area contributed by atoms with E-state index >= 15 is 0 Å². The highest BCUT2D eigenvalue weighted by Crippen LogP contribution is 2.21. The Morgan fingerprint density at radius 1 is 1.26 bits per heavy atom. The highest BCUT2D eigenvalue weighted by Gasteiger charge is 2.36. The fourth-order valence-electron chi connectivity index (χ4n) is 3.29. The zero-order valence-corrected chi connectivity index (χ0v) is 16.2. The average molecular weight is 371 g/mol. The van der Waals surface area contributed by atoms with Crippen LogP contribution in [0.4, 0.5) is 0 Å². The van der Waals surface area contributed by atoms with Crippen LogP contribution in [0.2, 0.25) is 0 Å². The van der Waals surface area contributed by atoms with Crippen molar-refractivity contribution in [3.05, 3.63) is 52.4 Å². The second kappa shape index (κ2) is 7.92. The summed E-state index contributed by atoms with van der Waals surface area (Å²) < 4.78 is 10.3. The molecule has 27 heavy (non-hydrogen) atoms. The highest BCUT2D eigenvalue weighted by molar-refractivity contribution is 5.97. The second-order valence-electron chi connectivity index (χ2n) is 6.92. The van der Waals surface area contributed by atoms with E-state index < -0.39 is 6.04 Å². The molecular formula is C20H25N3O4. The maximum Gasteiger partial charge on any atom is 0.277 e. The number of benzene rings is 1. The van der Waals surface area contributed by atoms with Crippen LogP contribution in [-0.4, -0.2) is 53.0 Å². The van der Waals surface area contributed by atoms with Crippen molar-refractivity contribution in [3.8, 4) is 0 Å². The minimum absolute atomic E-state index is 0.0660. The van der Waals surface area contributed by atoms with Gasteiger partial charge in [0.2, 0.25) is 5.91 Å². The molecule has 0 radical (unpaired) electrons. The van der Waals surface area contributed by atoms with Crippen LogP contribution in [0, 0.1) is 13.8 Å². The molecule has 1 atom stereocenters. The molecule has 2 heterocycles. The van der Waals surface area contributed by atoms with E-state index in [0.717, 1.165) is 5.56 Å². The van der Waals surface area contributed by atoms with Crippen molar-refractivity contribution in [2.75, 3.05) is 20.2 Å². The number of nitrogens with zero attached hydrogens (tertiary/aromatic N) is 3. The summed E-state index contributed by atoms with van der Waals surface area (Å²) >= 11 is 0. The van der Waals surface area contributed by atoms with Gasteiger partial charge in [0.25, 0.3) is 5.91 Å². The number of ether oxygens (including phenoxy) is 1. The lowest BCUT2D eigenvalue weighted by Gasteiger charge is -2.39. The second-order valence-corrected chi connectivity index (χ2v) is 6.92. The van der Waals surface area contributed by atoms with E-state index in [1.807, 2.05) is 31.2 Å². The molecule has 7 heteroatoms. The third kappa shape index (κ3) is 3.88. The number of amides is 2. The van der Waals surface area contributed by atoms with Gasteiger partial charge in [0.15, 0.2) is 5.69 Å². The maximum absolute atomic E-state index is 12.9. The summed E-state index contributed by atoms with van der Waals surface area (Å²) in [5.74, 6) is 0.190. The first-order valence-corrected chi connectivity index (χ1v) is 9.01. The molecule has 0 bridgehead atoms. The lowest BCUT2D eigenvalue weighted by molar-refractivity contribution is -0.140. The van der Waals surface area contributed by atoms with Gasteiger partial charge in [-0.2, -0.15) is 0 Å². The van der Waals surface area contributed by atoms with Gasteiger partial charge in [-0.3, -0.25) is 9.59 Å². The first-order valence-electron chi connectivity index (χ1n) is 9.01. The van der Waals surface area contributed by atoms with Crippen LogP contribution in [-0.2, 0) is 22.7 Å². The molecule has 1 fully saturated rings. The largest absolute Gasteiger partial charge is 0.380 e. The zero-order chi connectivity index (χ0) is 19.6. The summed E-state index contributed by atoms with van der Waals surface area (Å²) in [5, 5.41) is 3.89. The third-order valence-corrected chi connectivity index (χ3v) is 4.98. The van der Waals surface area contributed by atoms with Crippen LogP contribution >= 0.6 is 0 Å². The van der Waals surface area contributed by atoms with Gasteiger partial charge < -0.3 is 19.1 Å². The van der Waals surface area contributed by atoms with Crippen LogP contribution < -0.4 is 0 Å². The molecule has 3 rings (SSSR count). The van der Waals surface area contributed by atoms with Crippen molar-refractivity contribution >= 4 is 11.8 Å². The summed E-state index contributed by atoms with van der Waals surface area (Å²) in [6, 6.07) is 7.57. The van der Waals surface area contributed by atoms with Crippen molar-refractivity contribution in [1.29, 1.82) is 0 Å². The van der Waals surface area contributed by atoms with E-state index in [9.17, 15) is 9.59 Å². The first-order chi connectivity index (χ1) is 12.9. The standard InChI is InChI=1S/C20H25N3O4/c1-13-5-7-16(8-6-13)11-22-9-10-23(14(2)19(22)24)20(25)18-17(12-26-4)15(3)27-21-18/h5-8,14H,9-12H2,1-4H3/t14-/m0/s1. The van der Waals surface area contributed by atoms with Crippen molar-refractivity contribution < 1.29 is 18.8 Å². The molecule has 1 aliphatic rings. The molecule has 1 aliphatic heterocycles. The summed E-state index contributed by atoms with van der Waals surface area (Å²) in [6.07, 6.45) is 0. The lowest BCUT2D eigenvalue weighted by atomic mass is 10.1. The third-order valence-electron chi connectivity index (χ3n) is 4.98. The number of carbonyl (C=O) groups is 2. The molecule has 0 aliphatic carbocycles. The van der Waals surface area contributed by atoms with Crippen LogP contribution in [0.5, 0.6) is 0 Å². The van der Waals surface area contributed by atoms with Gasteiger partial charge in [-0.1, -0.05) is 35.0 Å². The number of hydrogen-bond acceptors (Lipinski definition) is 5. The Kier molecular flexibility index (Phi) is 5.60. The molecule has 0 unspecified atom stereocenters. The normalized spacial score (nSPS) is 17.5. The number of methoxy groups -OCH3 is 1. The van der Waals surface area contributed by atoms with E-state index in [4.69, 9.17) is 9.26 Å². The summed E-state index contributed by atoms with van der Waals surface area (Å²) in [7, 11) is 1.55. The molecular weight excluding hydrogens is 346 g/mol. The maximum atomic E-state index is 12.9. The molecule has 0 saturated carbocycles. The smallest absolute Gasteiger partial charge is 0.277 e. The first kappa shape index (κ1) is 19.1. The van der Waals surface area contributed by atoms with E-state index in [2.05, 4.69) is 5.16 Å². The molecule has 7 nitrogen and oxygen atoms in total. The summed E-state index contributed by atoms with van der Waals surface area (Å²) in [6.45, 7) is 7.26. The SMILES string of the molecule is COCc1c(C(=O)N2CCN(Cc3ccc(C)cc3)C(=O)[C@@H]2C)noc1C. The van der Waals surface area contributed by atoms with Gasteiger partial charge in [-0.05, 0) is 26.3 Å². The average Bonchev–Trinajstić information content (AvgIpc) is 3.01. The number of piperazine rings is 1. The molecule has 0 spiro atoms. The van der Waals surface area contributed by atoms with E-state index in [1.54, 1.807) is 30.8 Å². The summed E-state index contributed by atoms with van der Waals surface area (Å²) in [5.41, 5.74) is 3.12. The van der Waals surface area contributed by atoms with E-state index in [-0.39, 0.29) is 24.1 Å². The van der Waals surface area contributed by atoms with Gasteiger partial charge in [0.05, 0.1) is 12.2 Å². The lowest BCUT2D eigenvalue weighted by Crippen LogP contribution is -2.57. The predicted octanol–water partition coefficient (Wildman–Crippen LogP) is 2.31. The van der Waals surface area contributed by atoms with Crippen molar-refractivity contribution in [1.82, 2.24) is 15.0 Å². The Morgan fingerprint density at radius 2 is 1.96 bits per heavy atom. The number of aryl methyl sites for hydroxylation is 2. The fourth-order valence-corrected chi connectivity index (χ4v) is 3.29. The number of hydrogen-bond donors (Lipinski definition) is 0. The Balaban J connectivity index is 1.72. The van der Waals surface area contributed by atoms with Crippen molar-refractivity contribution in [3.63, 3.8) is 0 Å². The number of carbonyl (C=O) groups excluding carboxylic acids is 2. The predicted molar refractivity (Wildman–Crippen MR) is 99.0 cm³/mol. The minimum Gasteiger partial charge on any atom is -0.380 e. The van der Waals surface area contributed by atoms with E-state index in [0.29, 0.717) is 31.0 Å². The number of rotatable bonds is 5. The fraction of sp³-hybridized carbons (Fsp3) is 0.450. The molecule has 2 aromatic rings. The monoisotopic (exact) mass is 371 g/mol. The Labute approximate surface area is 158 Å². The van der Waals surface area contributed by atoms with Gasteiger partial charge >= 0.3 is 0 Å².